The average Bonchev–Trinajstić information content (AvgIpc) is 3.27. The average molecular weight is 477 g/mol. The summed E-state index contributed by atoms with van der Waals surface area (Å²) < 4.78 is 11.4. The first kappa shape index (κ1) is 21.4. The lowest BCUT2D eigenvalue weighted by molar-refractivity contribution is -0.0453. The van der Waals surface area contributed by atoms with Crippen LogP contribution in [0.3, 0.4) is 0 Å². The number of aliphatic imine (C=N–C) groups is 1. The minimum Gasteiger partial charge on any atom is -0.373 e. The first-order valence-corrected chi connectivity index (χ1v) is 9.51. The number of nitrogens with one attached hydrogen (secondary N) is 2. The molecule has 0 spiro atoms. The molecule has 1 aromatic rings. The number of nitrogens with zero attached hydrogens (tertiary/aromatic N) is 3. The minimum absolute atomic E-state index is 0. The van der Waals surface area contributed by atoms with Gasteiger partial charge in [0, 0.05) is 44.7 Å². The summed E-state index contributed by atoms with van der Waals surface area (Å²) in [5.41, 5.74) is 2.18. The van der Waals surface area contributed by atoms with E-state index in [1.807, 2.05) is 0 Å². The van der Waals surface area contributed by atoms with E-state index in [9.17, 15) is 0 Å². The number of fused-ring (bicyclic) bond motifs is 1. The molecule has 3 heterocycles. The van der Waals surface area contributed by atoms with Crippen LogP contribution >= 0.6 is 24.0 Å². The second-order valence-corrected chi connectivity index (χ2v) is 6.79. The molecule has 2 atom stereocenters. The van der Waals surface area contributed by atoms with Crippen LogP contribution in [-0.4, -0.2) is 61.5 Å². The maximum atomic E-state index is 6.00. The summed E-state index contributed by atoms with van der Waals surface area (Å²) in [5, 5.41) is 10.9. The third kappa shape index (κ3) is 5.10. The van der Waals surface area contributed by atoms with E-state index in [1.165, 1.54) is 19.4 Å². The quantitative estimate of drug-likeness (QED) is 0.371. The number of aryl methyl sites for hydroxylation is 2. The van der Waals surface area contributed by atoms with Crippen molar-refractivity contribution in [3.63, 3.8) is 0 Å². The molecule has 7 nitrogen and oxygen atoms in total. The monoisotopic (exact) mass is 477 g/mol. The lowest BCUT2D eigenvalue weighted by Gasteiger charge is -2.35. The Morgan fingerprint density at radius 1 is 1.31 bits per heavy atom. The molecular formula is C18H32IN5O2. The molecule has 0 amide bonds. The zero-order valence-corrected chi connectivity index (χ0v) is 18.4. The van der Waals surface area contributed by atoms with Gasteiger partial charge >= 0.3 is 0 Å². The number of rotatable bonds is 6. The zero-order valence-electron chi connectivity index (χ0n) is 16.1. The van der Waals surface area contributed by atoms with Gasteiger partial charge in [0.15, 0.2) is 5.96 Å². The Morgan fingerprint density at radius 2 is 2.15 bits per heavy atom. The molecule has 0 bridgehead atoms. The van der Waals surface area contributed by atoms with E-state index in [4.69, 9.17) is 9.26 Å². The first-order chi connectivity index (χ1) is 12.2. The van der Waals surface area contributed by atoms with E-state index in [0.717, 1.165) is 55.5 Å². The van der Waals surface area contributed by atoms with Crippen molar-refractivity contribution in [3.8, 4) is 0 Å². The van der Waals surface area contributed by atoms with E-state index in [2.05, 4.69) is 39.5 Å². The Hall–Kier alpha value is -0.870. The normalized spacial score (nSPS) is 23.4. The van der Waals surface area contributed by atoms with Crippen molar-refractivity contribution in [2.45, 2.75) is 58.2 Å². The van der Waals surface area contributed by atoms with Gasteiger partial charge in [-0.2, -0.15) is 0 Å². The van der Waals surface area contributed by atoms with Crippen LogP contribution in [0, 0.1) is 0 Å². The number of hydrogen-bond donors (Lipinski definition) is 2. The van der Waals surface area contributed by atoms with Crippen LogP contribution in [0.1, 0.15) is 43.7 Å². The molecule has 0 aliphatic carbocycles. The van der Waals surface area contributed by atoms with Gasteiger partial charge in [0.05, 0.1) is 18.4 Å². The zero-order chi connectivity index (χ0) is 17.6. The molecule has 0 radical (unpaired) electrons. The lowest BCUT2D eigenvalue weighted by Crippen LogP contribution is -2.51. The van der Waals surface area contributed by atoms with Crippen LogP contribution < -0.4 is 10.6 Å². The Labute approximate surface area is 173 Å². The number of aromatic nitrogens is 1. The third-order valence-corrected chi connectivity index (χ3v) is 5.22. The predicted octanol–water partition coefficient (Wildman–Crippen LogP) is 1.95. The summed E-state index contributed by atoms with van der Waals surface area (Å²) in [4.78, 5) is 6.88. The molecular weight excluding hydrogens is 445 g/mol. The fourth-order valence-electron chi connectivity index (χ4n) is 3.75. The fourth-order valence-corrected chi connectivity index (χ4v) is 3.75. The Morgan fingerprint density at radius 3 is 2.88 bits per heavy atom. The summed E-state index contributed by atoms with van der Waals surface area (Å²) in [6.45, 7) is 8.72. The van der Waals surface area contributed by atoms with E-state index in [1.54, 1.807) is 7.05 Å². The molecule has 8 heteroatoms. The van der Waals surface area contributed by atoms with Crippen molar-refractivity contribution < 1.29 is 9.26 Å². The predicted molar refractivity (Wildman–Crippen MR) is 113 cm³/mol. The van der Waals surface area contributed by atoms with Crippen LogP contribution in [0.25, 0.3) is 0 Å². The van der Waals surface area contributed by atoms with Crippen LogP contribution in [-0.2, 0) is 24.1 Å². The fraction of sp³-hybridized carbons (Fsp3) is 0.778. The van der Waals surface area contributed by atoms with E-state index >= 15 is 0 Å². The highest BCUT2D eigenvalue weighted by Crippen LogP contribution is 2.22. The summed E-state index contributed by atoms with van der Waals surface area (Å²) in [5.74, 6) is 1.74. The molecule has 2 aliphatic rings. The molecule has 0 saturated carbocycles. The smallest absolute Gasteiger partial charge is 0.191 e. The number of halogens is 1. The van der Waals surface area contributed by atoms with Crippen molar-refractivity contribution in [1.82, 2.24) is 20.7 Å². The Kier molecular flexibility index (Phi) is 8.62. The highest BCUT2D eigenvalue weighted by molar-refractivity contribution is 14.0. The molecule has 2 fully saturated rings. The van der Waals surface area contributed by atoms with Crippen molar-refractivity contribution in [3.05, 3.63) is 17.0 Å². The molecule has 26 heavy (non-hydrogen) atoms. The van der Waals surface area contributed by atoms with Crippen LogP contribution in [0.5, 0.6) is 0 Å². The van der Waals surface area contributed by atoms with Crippen LogP contribution in [0.2, 0.25) is 0 Å². The molecule has 2 saturated heterocycles. The molecule has 2 unspecified atom stereocenters. The standard InChI is InChI=1S/C18H31N5O2.HI/c1-4-16-15(17(5-2)25-22-16)10-21-18(19-3)20-9-14-11-23-8-6-7-13(23)12-24-14;/h13-14H,4-12H2,1-3H3,(H2,19,20,21);1H. The van der Waals surface area contributed by atoms with Gasteiger partial charge in [-0.25, -0.2) is 0 Å². The molecule has 2 N–H and O–H groups in total. The third-order valence-electron chi connectivity index (χ3n) is 5.22. The van der Waals surface area contributed by atoms with Gasteiger partial charge in [0.2, 0.25) is 0 Å². The summed E-state index contributed by atoms with van der Waals surface area (Å²) in [6, 6.07) is 0.641. The summed E-state index contributed by atoms with van der Waals surface area (Å²) in [6.07, 6.45) is 4.53. The van der Waals surface area contributed by atoms with E-state index in [-0.39, 0.29) is 30.1 Å². The SMILES string of the molecule is CCc1noc(CC)c1CNC(=NC)NCC1CN2CCCC2CO1.I. The van der Waals surface area contributed by atoms with Gasteiger partial charge in [0.25, 0.3) is 0 Å². The largest absolute Gasteiger partial charge is 0.373 e. The minimum atomic E-state index is 0. The molecule has 3 rings (SSSR count). The topological polar surface area (TPSA) is 74.9 Å². The van der Waals surface area contributed by atoms with Gasteiger partial charge in [-0.3, -0.25) is 9.89 Å². The Bertz CT molecular complexity index is 571. The number of guanidine groups is 1. The van der Waals surface area contributed by atoms with Crippen molar-refractivity contribution in [2.75, 3.05) is 33.3 Å². The molecule has 1 aromatic heterocycles. The second-order valence-electron chi connectivity index (χ2n) is 6.79. The van der Waals surface area contributed by atoms with E-state index in [0.29, 0.717) is 12.6 Å². The van der Waals surface area contributed by atoms with E-state index < -0.39 is 0 Å². The van der Waals surface area contributed by atoms with Crippen LogP contribution in [0.4, 0.5) is 0 Å². The maximum absolute atomic E-state index is 6.00. The highest BCUT2D eigenvalue weighted by Gasteiger charge is 2.32. The summed E-state index contributed by atoms with van der Waals surface area (Å²) >= 11 is 0. The lowest BCUT2D eigenvalue weighted by atomic mass is 10.1. The summed E-state index contributed by atoms with van der Waals surface area (Å²) in [7, 11) is 1.79. The molecule has 148 valence electrons. The van der Waals surface area contributed by atoms with Gasteiger partial charge in [-0.15, -0.1) is 24.0 Å². The van der Waals surface area contributed by atoms with Gasteiger partial charge < -0.3 is 19.9 Å². The van der Waals surface area contributed by atoms with Crippen molar-refractivity contribution in [1.29, 1.82) is 0 Å². The molecule has 0 aromatic carbocycles. The highest BCUT2D eigenvalue weighted by atomic mass is 127. The van der Waals surface area contributed by atoms with Gasteiger partial charge in [-0.1, -0.05) is 19.0 Å². The van der Waals surface area contributed by atoms with Crippen LogP contribution in [0.15, 0.2) is 9.52 Å². The van der Waals surface area contributed by atoms with Crippen molar-refractivity contribution >= 4 is 29.9 Å². The van der Waals surface area contributed by atoms with Gasteiger partial charge in [-0.05, 0) is 25.8 Å². The second kappa shape index (κ2) is 10.5. The number of morpholine rings is 1. The van der Waals surface area contributed by atoms with Crippen molar-refractivity contribution in [2.24, 2.45) is 4.99 Å². The number of ether oxygens (including phenoxy) is 1. The Balaban J connectivity index is 0.00000243. The van der Waals surface area contributed by atoms with Gasteiger partial charge in [0.1, 0.15) is 5.76 Å². The molecule has 2 aliphatic heterocycles. The maximum Gasteiger partial charge on any atom is 0.191 e. The number of hydrogen-bond acceptors (Lipinski definition) is 5. The first-order valence-electron chi connectivity index (χ1n) is 9.51.